The lowest BCUT2D eigenvalue weighted by atomic mass is 10.1. The number of aryl methyl sites for hydroxylation is 1. The van der Waals surface area contributed by atoms with Crippen LogP contribution in [0.4, 0.5) is 18.9 Å². The van der Waals surface area contributed by atoms with E-state index in [0.29, 0.717) is 22.8 Å². The fourth-order valence-electron chi connectivity index (χ4n) is 4.04. The molecule has 2 heterocycles. The van der Waals surface area contributed by atoms with Crippen molar-refractivity contribution in [1.82, 2.24) is 24.3 Å². The highest BCUT2D eigenvalue weighted by molar-refractivity contribution is 5.97. The van der Waals surface area contributed by atoms with Gasteiger partial charge in [-0.05, 0) is 42.0 Å². The summed E-state index contributed by atoms with van der Waals surface area (Å²) in [5.41, 5.74) is 3.64. The number of hydrogen-bond acceptors (Lipinski definition) is 4. The van der Waals surface area contributed by atoms with Gasteiger partial charge in [-0.25, -0.2) is 4.98 Å². The van der Waals surface area contributed by atoms with E-state index < -0.39 is 12.1 Å². The van der Waals surface area contributed by atoms with Gasteiger partial charge in [-0.3, -0.25) is 9.69 Å². The van der Waals surface area contributed by atoms with Crippen LogP contribution >= 0.6 is 0 Å². The molecule has 0 aliphatic heterocycles. The largest absolute Gasteiger partial charge is 0.471 e. The van der Waals surface area contributed by atoms with Gasteiger partial charge >= 0.3 is 12.1 Å². The van der Waals surface area contributed by atoms with Gasteiger partial charge in [0.2, 0.25) is 0 Å². The van der Waals surface area contributed by atoms with Crippen LogP contribution < -0.4 is 4.90 Å². The van der Waals surface area contributed by atoms with Crippen molar-refractivity contribution in [1.29, 1.82) is 0 Å². The average Bonchev–Trinajstić information content (AvgIpc) is 3.45. The number of fused-ring (bicyclic) bond motifs is 1. The highest BCUT2D eigenvalue weighted by Crippen LogP contribution is 2.30. The molecule has 36 heavy (non-hydrogen) atoms. The van der Waals surface area contributed by atoms with Crippen LogP contribution in [0.3, 0.4) is 0 Å². The molecule has 182 valence electrons. The number of alkyl halides is 3. The first kappa shape index (κ1) is 23.3. The summed E-state index contributed by atoms with van der Waals surface area (Å²) in [5, 5.41) is 7.52. The number of para-hydroxylation sites is 2. The number of imidazole rings is 1. The Morgan fingerprint density at radius 2 is 1.64 bits per heavy atom. The Hall–Kier alpha value is -4.47. The van der Waals surface area contributed by atoms with Crippen molar-refractivity contribution in [2.24, 2.45) is 7.05 Å². The SMILES string of the molecule is Cn1cnnc1CN(C(=O)C(F)(F)F)c1ccc(-c2nc3ccccc3n2Cc2ccccc2)cc1. The van der Waals surface area contributed by atoms with E-state index in [9.17, 15) is 18.0 Å². The number of carbonyl (C=O) groups excluding carboxylic acids is 1. The minimum absolute atomic E-state index is 0.0924. The topological polar surface area (TPSA) is 68.8 Å². The summed E-state index contributed by atoms with van der Waals surface area (Å²) >= 11 is 0. The summed E-state index contributed by atoms with van der Waals surface area (Å²) in [4.78, 5) is 17.7. The highest BCUT2D eigenvalue weighted by Gasteiger charge is 2.43. The molecule has 0 unspecified atom stereocenters. The van der Waals surface area contributed by atoms with E-state index in [-0.39, 0.29) is 18.1 Å². The van der Waals surface area contributed by atoms with Crippen LogP contribution in [0, 0.1) is 0 Å². The Morgan fingerprint density at radius 3 is 2.31 bits per heavy atom. The Labute approximate surface area is 204 Å². The van der Waals surface area contributed by atoms with Gasteiger partial charge in [-0.15, -0.1) is 10.2 Å². The summed E-state index contributed by atoms with van der Waals surface area (Å²) in [6, 6.07) is 24.0. The summed E-state index contributed by atoms with van der Waals surface area (Å²) in [5.74, 6) is -1.08. The molecule has 0 aliphatic rings. The number of rotatable bonds is 6. The molecule has 0 atom stereocenters. The maximum Gasteiger partial charge on any atom is 0.471 e. The number of nitrogens with zero attached hydrogens (tertiary/aromatic N) is 6. The predicted octanol–water partition coefficient (Wildman–Crippen LogP) is 4.98. The van der Waals surface area contributed by atoms with Gasteiger partial charge in [0.05, 0.1) is 17.6 Å². The lowest BCUT2D eigenvalue weighted by Crippen LogP contribution is -2.41. The van der Waals surface area contributed by atoms with Crippen LogP contribution in [0.2, 0.25) is 0 Å². The first-order valence-corrected chi connectivity index (χ1v) is 11.1. The standard InChI is InChI=1S/C26H21F3N6O/c1-33-17-30-32-23(33)16-34(25(36)26(27,28)29)20-13-11-19(12-14-20)24-31-21-9-5-6-10-22(21)35(24)15-18-7-3-2-4-8-18/h2-14,17H,15-16H2,1H3. The number of halogens is 3. The van der Waals surface area contributed by atoms with E-state index >= 15 is 0 Å². The minimum Gasteiger partial charge on any atom is -0.319 e. The summed E-state index contributed by atoms with van der Waals surface area (Å²) < 4.78 is 43.7. The van der Waals surface area contributed by atoms with Gasteiger partial charge in [-0.1, -0.05) is 42.5 Å². The molecule has 0 aliphatic carbocycles. The quantitative estimate of drug-likeness (QED) is 0.337. The van der Waals surface area contributed by atoms with E-state index in [1.54, 1.807) is 19.2 Å². The molecule has 1 amide bonds. The molecule has 7 nitrogen and oxygen atoms in total. The zero-order valence-corrected chi connectivity index (χ0v) is 19.2. The fraction of sp³-hybridized carbons (Fsp3) is 0.154. The molecule has 5 aromatic rings. The van der Waals surface area contributed by atoms with E-state index in [0.717, 1.165) is 16.6 Å². The minimum atomic E-state index is -5.04. The normalized spacial score (nSPS) is 11.7. The Balaban J connectivity index is 1.53. The van der Waals surface area contributed by atoms with Gasteiger partial charge in [0, 0.05) is 24.8 Å². The third-order valence-electron chi connectivity index (χ3n) is 5.87. The Kier molecular flexibility index (Phi) is 6.01. The zero-order chi connectivity index (χ0) is 25.3. The van der Waals surface area contributed by atoms with Crippen LogP contribution in [-0.2, 0) is 24.9 Å². The van der Waals surface area contributed by atoms with Gasteiger partial charge in [0.15, 0.2) is 5.82 Å². The van der Waals surface area contributed by atoms with Crippen LogP contribution in [0.1, 0.15) is 11.4 Å². The highest BCUT2D eigenvalue weighted by atomic mass is 19.4. The number of amides is 1. The maximum absolute atomic E-state index is 13.4. The molecule has 0 bridgehead atoms. The molecular weight excluding hydrogens is 469 g/mol. The van der Waals surface area contributed by atoms with Gasteiger partial charge in [-0.2, -0.15) is 13.2 Å². The second-order valence-corrected chi connectivity index (χ2v) is 8.29. The Bertz CT molecular complexity index is 1510. The number of aromatic nitrogens is 5. The van der Waals surface area contributed by atoms with Gasteiger partial charge in [0.25, 0.3) is 0 Å². The van der Waals surface area contributed by atoms with Crippen LogP contribution in [0.5, 0.6) is 0 Å². The van der Waals surface area contributed by atoms with Crippen molar-refractivity contribution in [3.05, 3.63) is 96.6 Å². The molecule has 2 aromatic heterocycles. The third kappa shape index (κ3) is 4.57. The van der Waals surface area contributed by atoms with E-state index in [4.69, 9.17) is 4.98 Å². The van der Waals surface area contributed by atoms with Crippen molar-refractivity contribution in [2.75, 3.05) is 4.90 Å². The summed E-state index contributed by atoms with van der Waals surface area (Å²) in [6.07, 6.45) is -3.67. The van der Waals surface area contributed by atoms with Crippen LogP contribution in [-0.4, -0.2) is 36.4 Å². The van der Waals surface area contributed by atoms with E-state index in [2.05, 4.69) is 14.8 Å². The zero-order valence-electron chi connectivity index (χ0n) is 19.2. The molecule has 3 aromatic carbocycles. The molecular formula is C26H21F3N6O. The van der Waals surface area contributed by atoms with Crippen molar-refractivity contribution < 1.29 is 18.0 Å². The predicted molar refractivity (Wildman–Crippen MR) is 129 cm³/mol. The number of carbonyl (C=O) groups is 1. The van der Waals surface area contributed by atoms with E-state index in [1.165, 1.54) is 23.0 Å². The molecule has 0 N–H and O–H groups in total. The molecule has 0 fully saturated rings. The molecule has 10 heteroatoms. The fourth-order valence-corrected chi connectivity index (χ4v) is 4.04. The molecule has 0 radical (unpaired) electrons. The van der Waals surface area contributed by atoms with Crippen molar-refractivity contribution >= 4 is 22.6 Å². The van der Waals surface area contributed by atoms with Crippen molar-refractivity contribution in [2.45, 2.75) is 19.3 Å². The lowest BCUT2D eigenvalue weighted by molar-refractivity contribution is -0.170. The number of hydrogen-bond donors (Lipinski definition) is 0. The number of benzene rings is 3. The monoisotopic (exact) mass is 490 g/mol. The number of anilines is 1. The second-order valence-electron chi connectivity index (χ2n) is 8.29. The Morgan fingerprint density at radius 1 is 0.944 bits per heavy atom. The van der Waals surface area contributed by atoms with Gasteiger partial charge < -0.3 is 9.13 Å². The lowest BCUT2D eigenvalue weighted by Gasteiger charge is -2.23. The molecule has 0 saturated carbocycles. The molecule has 0 spiro atoms. The summed E-state index contributed by atoms with van der Waals surface area (Å²) in [7, 11) is 1.60. The first-order chi connectivity index (χ1) is 17.3. The van der Waals surface area contributed by atoms with Gasteiger partial charge in [0.1, 0.15) is 12.2 Å². The van der Waals surface area contributed by atoms with Crippen LogP contribution in [0.15, 0.2) is 85.2 Å². The van der Waals surface area contributed by atoms with E-state index in [1.807, 2.05) is 54.6 Å². The van der Waals surface area contributed by atoms with Crippen molar-refractivity contribution in [3.63, 3.8) is 0 Å². The third-order valence-corrected chi connectivity index (χ3v) is 5.87. The molecule has 0 saturated heterocycles. The maximum atomic E-state index is 13.4. The average molecular weight is 490 g/mol. The smallest absolute Gasteiger partial charge is 0.319 e. The van der Waals surface area contributed by atoms with Crippen molar-refractivity contribution in [3.8, 4) is 11.4 Å². The summed E-state index contributed by atoms with van der Waals surface area (Å²) in [6.45, 7) is 0.198. The van der Waals surface area contributed by atoms with Crippen LogP contribution in [0.25, 0.3) is 22.4 Å². The second kappa shape index (κ2) is 9.29. The molecule has 5 rings (SSSR count). The first-order valence-electron chi connectivity index (χ1n) is 11.1.